The predicted octanol–water partition coefficient (Wildman–Crippen LogP) is 3.77. The van der Waals surface area contributed by atoms with Crippen LogP contribution in [0.5, 0.6) is 0 Å². The maximum Gasteiger partial charge on any atom is 0.258 e. The third-order valence-electron chi connectivity index (χ3n) is 4.80. The van der Waals surface area contributed by atoms with E-state index in [9.17, 15) is 4.79 Å². The molecule has 2 aromatic carbocycles. The molecule has 3 N–H and O–H groups in total. The van der Waals surface area contributed by atoms with E-state index in [1.165, 1.54) is 5.56 Å². The number of benzene rings is 2. The van der Waals surface area contributed by atoms with Crippen molar-refractivity contribution in [2.24, 2.45) is 5.73 Å². The van der Waals surface area contributed by atoms with Crippen molar-refractivity contribution >= 4 is 11.6 Å². The zero-order valence-electron chi connectivity index (χ0n) is 18.2. The van der Waals surface area contributed by atoms with Crippen LogP contribution in [-0.2, 0) is 5.41 Å². The van der Waals surface area contributed by atoms with E-state index in [2.05, 4.69) is 67.4 Å². The molecule has 7 nitrogen and oxygen atoms in total. The van der Waals surface area contributed by atoms with Crippen LogP contribution in [0.15, 0.2) is 47.0 Å². The van der Waals surface area contributed by atoms with E-state index in [0.717, 1.165) is 29.9 Å². The Bertz CT molecular complexity index is 1020. The first kappa shape index (κ1) is 21.5. The standard InChI is InChI=1S/C23H29N5O2/c1-23(2,3)18-14-17(10-11-19(18)25-12-13-28(4)5)21-26-22(30-27-21)16-8-6-15(7-9-16)20(24)29/h6-11,14,25H,12-13H2,1-5H3,(H2,24,29). The number of aromatic nitrogens is 2. The Balaban J connectivity index is 1.88. The Morgan fingerprint density at radius 3 is 2.37 bits per heavy atom. The molecule has 0 saturated heterocycles. The summed E-state index contributed by atoms with van der Waals surface area (Å²) in [5, 5.41) is 7.69. The SMILES string of the molecule is CN(C)CCNc1ccc(-c2noc(-c3ccc(C(N)=O)cc3)n2)cc1C(C)(C)C. The fourth-order valence-electron chi connectivity index (χ4n) is 3.11. The minimum atomic E-state index is -0.471. The first-order valence-corrected chi connectivity index (χ1v) is 9.92. The third-order valence-corrected chi connectivity index (χ3v) is 4.80. The van der Waals surface area contributed by atoms with Gasteiger partial charge in [0.05, 0.1) is 0 Å². The number of amides is 1. The smallest absolute Gasteiger partial charge is 0.258 e. The Hall–Kier alpha value is -3.19. The van der Waals surface area contributed by atoms with Crippen LogP contribution in [0.4, 0.5) is 5.69 Å². The Labute approximate surface area is 177 Å². The normalized spacial score (nSPS) is 11.7. The van der Waals surface area contributed by atoms with Crippen LogP contribution >= 0.6 is 0 Å². The van der Waals surface area contributed by atoms with E-state index in [0.29, 0.717) is 17.3 Å². The summed E-state index contributed by atoms with van der Waals surface area (Å²) in [6.45, 7) is 8.37. The largest absolute Gasteiger partial charge is 0.384 e. The average Bonchev–Trinajstić information content (AvgIpc) is 3.17. The van der Waals surface area contributed by atoms with Gasteiger partial charge in [0.1, 0.15) is 0 Å². The van der Waals surface area contributed by atoms with E-state index in [-0.39, 0.29) is 5.41 Å². The molecular formula is C23H29N5O2. The van der Waals surface area contributed by atoms with Gasteiger partial charge < -0.3 is 20.5 Å². The Morgan fingerprint density at radius 1 is 1.10 bits per heavy atom. The monoisotopic (exact) mass is 407 g/mol. The molecule has 158 valence electrons. The van der Waals surface area contributed by atoms with Crippen LogP contribution in [-0.4, -0.2) is 48.1 Å². The number of hydrogen-bond donors (Lipinski definition) is 2. The van der Waals surface area contributed by atoms with Gasteiger partial charge >= 0.3 is 0 Å². The summed E-state index contributed by atoms with van der Waals surface area (Å²) in [4.78, 5) is 17.9. The predicted molar refractivity (Wildman–Crippen MR) is 119 cm³/mol. The number of nitrogens with one attached hydrogen (secondary N) is 1. The van der Waals surface area contributed by atoms with Crippen LogP contribution in [0.2, 0.25) is 0 Å². The van der Waals surface area contributed by atoms with Gasteiger partial charge in [-0.1, -0.05) is 25.9 Å². The van der Waals surface area contributed by atoms with Gasteiger partial charge in [-0.25, -0.2) is 0 Å². The maximum absolute atomic E-state index is 11.2. The molecule has 0 aliphatic carbocycles. The van der Waals surface area contributed by atoms with Gasteiger partial charge in [0.25, 0.3) is 5.89 Å². The van der Waals surface area contributed by atoms with Crippen LogP contribution < -0.4 is 11.1 Å². The topological polar surface area (TPSA) is 97.3 Å². The van der Waals surface area contributed by atoms with Crippen LogP contribution in [0.25, 0.3) is 22.8 Å². The van der Waals surface area contributed by atoms with Gasteiger partial charge in [0, 0.05) is 35.5 Å². The number of anilines is 1. The number of carbonyl (C=O) groups is 1. The van der Waals surface area contributed by atoms with Crippen molar-refractivity contribution in [2.75, 3.05) is 32.5 Å². The minimum Gasteiger partial charge on any atom is -0.384 e. The van der Waals surface area contributed by atoms with E-state index in [4.69, 9.17) is 10.3 Å². The number of nitrogens with zero attached hydrogens (tertiary/aromatic N) is 3. The molecule has 1 aromatic heterocycles. The summed E-state index contributed by atoms with van der Waals surface area (Å²) in [5.41, 5.74) is 9.60. The zero-order valence-corrected chi connectivity index (χ0v) is 18.2. The Morgan fingerprint density at radius 2 is 1.77 bits per heavy atom. The second-order valence-electron chi connectivity index (χ2n) is 8.61. The van der Waals surface area contributed by atoms with E-state index < -0.39 is 5.91 Å². The van der Waals surface area contributed by atoms with Crippen molar-refractivity contribution in [1.82, 2.24) is 15.0 Å². The van der Waals surface area contributed by atoms with Crippen molar-refractivity contribution in [3.05, 3.63) is 53.6 Å². The summed E-state index contributed by atoms with van der Waals surface area (Å²) in [6, 6.07) is 13.0. The number of carbonyl (C=O) groups excluding carboxylic acids is 1. The lowest BCUT2D eigenvalue weighted by atomic mass is 9.84. The number of nitrogens with two attached hydrogens (primary N) is 1. The second kappa shape index (κ2) is 8.67. The Kier molecular flexibility index (Phi) is 6.22. The van der Waals surface area contributed by atoms with Crippen molar-refractivity contribution in [2.45, 2.75) is 26.2 Å². The molecule has 0 unspecified atom stereocenters. The molecule has 0 radical (unpaired) electrons. The average molecular weight is 408 g/mol. The van der Waals surface area contributed by atoms with Gasteiger partial charge in [-0.05, 0) is 67.5 Å². The molecule has 0 aliphatic rings. The summed E-state index contributed by atoms with van der Waals surface area (Å²) in [7, 11) is 4.12. The molecule has 30 heavy (non-hydrogen) atoms. The summed E-state index contributed by atoms with van der Waals surface area (Å²) < 4.78 is 5.45. The van der Waals surface area contributed by atoms with Crippen LogP contribution in [0, 0.1) is 0 Å². The first-order chi connectivity index (χ1) is 14.1. The summed E-state index contributed by atoms with van der Waals surface area (Å²) in [5.74, 6) is 0.447. The number of likely N-dealkylation sites (N-methyl/N-ethyl adjacent to an activating group) is 1. The van der Waals surface area contributed by atoms with Gasteiger partial charge in [0.2, 0.25) is 11.7 Å². The fourth-order valence-corrected chi connectivity index (χ4v) is 3.11. The first-order valence-electron chi connectivity index (χ1n) is 9.92. The zero-order chi connectivity index (χ0) is 21.9. The van der Waals surface area contributed by atoms with Crippen molar-refractivity contribution in [3.63, 3.8) is 0 Å². The summed E-state index contributed by atoms with van der Waals surface area (Å²) >= 11 is 0. The van der Waals surface area contributed by atoms with Crippen LogP contribution in [0.1, 0.15) is 36.7 Å². The van der Waals surface area contributed by atoms with Crippen molar-refractivity contribution in [1.29, 1.82) is 0 Å². The molecule has 3 rings (SSSR count). The lowest BCUT2D eigenvalue weighted by Gasteiger charge is -2.24. The fraction of sp³-hybridized carbons (Fsp3) is 0.348. The molecule has 0 fully saturated rings. The highest BCUT2D eigenvalue weighted by atomic mass is 16.5. The molecular weight excluding hydrogens is 378 g/mol. The van der Waals surface area contributed by atoms with Gasteiger partial charge in [-0.15, -0.1) is 0 Å². The minimum absolute atomic E-state index is 0.0480. The van der Waals surface area contributed by atoms with Gasteiger partial charge in [-0.3, -0.25) is 4.79 Å². The summed E-state index contributed by atoms with van der Waals surface area (Å²) in [6.07, 6.45) is 0. The third kappa shape index (κ3) is 5.04. The molecule has 7 heteroatoms. The quantitative estimate of drug-likeness (QED) is 0.619. The molecule has 3 aromatic rings. The molecule has 0 bridgehead atoms. The van der Waals surface area contributed by atoms with Crippen molar-refractivity contribution in [3.8, 4) is 22.8 Å². The van der Waals surface area contributed by atoms with E-state index in [1.807, 2.05) is 6.07 Å². The molecule has 0 aliphatic heterocycles. The van der Waals surface area contributed by atoms with Crippen LogP contribution in [0.3, 0.4) is 0 Å². The second-order valence-corrected chi connectivity index (χ2v) is 8.61. The number of hydrogen-bond acceptors (Lipinski definition) is 6. The molecule has 1 amide bonds. The van der Waals surface area contributed by atoms with E-state index in [1.54, 1.807) is 24.3 Å². The molecule has 0 atom stereocenters. The highest BCUT2D eigenvalue weighted by molar-refractivity contribution is 5.93. The number of rotatable bonds is 7. The lowest BCUT2D eigenvalue weighted by molar-refractivity contribution is 0.100. The van der Waals surface area contributed by atoms with Gasteiger partial charge in [0.15, 0.2) is 0 Å². The highest BCUT2D eigenvalue weighted by Crippen LogP contribution is 2.33. The van der Waals surface area contributed by atoms with Gasteiger partial charge in [-0.2, -0.15) is 4.98 Å². The molecule has 0 saturated carbocycles. The molecule has 1 heterocycles. The van der Waals surface area contributed by atoms with Crippen molar-refractivity contribution < 1.29 is 9.32 Å². The highest BCUT2D eigenvalue weighted by Gasteiger charge is 2.20. The number of primary amides is 1. The maximum atomic E-state index is 11.2. The van der Waals surface area contributed by atoms with E-state index >= 15 is 0 Å². The molecule has 0 spiro atoms. The lowest BCUT2D eigenvalue weighted by Crippen LogP contribution is -2.22.